The Kier molecular flexibility index (Phi) is 6.68. The third-order valence-electron chi connectivity index (χ3n) is 4.67. The van der Waals surface area contributed by atoms with Crippen LogP contribution in [0.4, 0.5) is 5.95 Å². The Morgan fingerprint density at radius 2 is 1.89 bits per heavy atom. The van der Waals surface area contributed by atoms with Crippen LogP contribution in [-0.2, 0) is 0 Å². The van der Waals surface area contributed by atoms with Gasteiger partial charge in [-0.15, -0.1) is 0 Å². The number of piperidine rings is 1. The van der Waals surface area contributed by atoms with Crippen molar-refractivity contribution in [1.82, 2.24) is 9.97 Å². The van der Waals surface area contributed by atoms with E-state index in [1.54, 1.807) is 19.9 Å². The highest BCUT2D eigenvalue weighted by Crippen LogP contribution is 2.33. The summed E-state index contributed by atoms with van der Waals surface area (Å²) >= 11 is 12.5. The number of amides is 1. The monoisotopic (exact) mass is 409 g/mol. The second-order valence-electron chi connectivity index (χ2n) is 6.91. The normalized spacial score (nSPS) is 18.1. The molecular weight excluding hydrogens is 385 g/mol. The zero-order valence-electron chi connectivity index (χ0n) is 15.9. The molecule has 1 aromatic heterocycles. The molecule has 0 unspecified atom stereocenters. The highest BCUT2D eigenvalue weighted by molar-refractivity contribution is 6.46. The second kappa shape index (κ2) is 8.42. The molecule has 4 N–H and O–H groups in total. The van der Waals surface area contributed by atoms with E-state index in [-0.39, 0.29) is 16.3 Å². The van der Waals surface area contributed by atoms with Crippen LogP contribution in [0.3, 0.4) is 0 Å². The maximum absolute atomic E-state index is 12.1. The Labute approximate surface area is 169 Å². The van der Waals surface area contributed by atoms with E-state index in [2.05, 4.69) is 16.5 Å². The van der Waals surface area contributed by atoms with Crippen LogP contribution in [0.5, 0.6) is 0 Å². The molecule has 0 aromatic carbocycles. The fraction of sp³-hybridized carbons (Fsp3) is 0.421. The lowest BCUT2D eigenvalue weighted by molar-refractivity contribution is 0.0995. The molecule has 27 heavy (non-hydrogen) atoms. The number of rotatable bonds is 5. The van der Waals surface area contributed by atoms with Crippen molar-refractivity contribution in [3.8, 4) is 0 Å². The van der Waals surface area contributed by atoms with Crippen LogP contribution in [0.2, 0.25) is 0 Å². The predicted octanol–water partition coefficient (Wildman–Crippen LogP) is 3.48. The SMILES string of the molecule is C=C/C(=C(Cl)\C(Cl)=C/C)c1c(C)nc(N2CCC(C)(N)CC2)nc1C(N)=O. The predicted molar refractivity (Wildman–Crippen MR) is 112 cm³/mol. The van der Waals surface area contributed by atoms with E-state index in [0.29, 0.717) is 40.9 Å². The third-order valence-corrected chi connectivity index (χ3v) is 5.58. The minimum Gasteiger partial charge on any atom is -0.364 e. The maximum Gasteiger partial charge on any atom is 0.268 e. The summed E-state index contributed by atoms with van der Waals surface area (Å²) in [4.78, 5) is 23.2. The summed E-state index contributed by atoms with van der Waals surface area (Å²) in [5.41, 5.74) is 13.2. The van der Waals surface area contributed by atoms with E-state index in [1.165, 1.54) is 6.08 Å². The summed E-state index contributed by atoms with van der Waals surface area (Å²) in [6.45, 7) is 10.8. The topological polar surface area (TPSA) is 98.1 Å². The summed E-state index contributed by atoms with van der Waals surface area (Å²) in [5.74, 6) is -0.213. The van der Waals surface area contributed by atoms with Crippen molar-refractivity contribution in [2.45, 2.75) is 39.2 Å². The lowest BCUT2D eigenvalue weighted by atomic mass is 9.91. The van der Waals surface area contributed by atoms with Crippen molar-refractivity contribution in [2.75, 3.05) is 18.0 Å². The van der Waals surface area contributed by atoms with E-state index in [9.17, 15) is 4.79 Å². The first kappa shape index (κ1) is 21.4. The van der Waals surface area contributed by atoms with Crippen molar-refractivity contribution in [2.24, 2.45) is 11.5 Å². The van der Waals surface area contributed by atoms with Gasteiger partial charge >= 0.3 is 0 Å². The van der Waals surface area contributed by atoms with E-state index in [0.717, 1.165) is 12.8 Å². The van der Waals surface area contributed by atoms with Gasteiger partial charge in [-0.2, -0.15) is 0 Å². The molecule has 0 spiro atoms. The smallest absolute Gasteiger partial charge is 0.268 e. The van der Waals surface area contributed by atoms with E-state index in [1.807, 2.05) is 11.8 Å². The van der Waals surface area contributed by atoms with Crippen LogP contribution >= 0.6 is 23.2 Å². The number of hydrogen-bond acceptors (Lipinski definition) is 5. The molecule has 1 aromatic rings. The van der Waals surface area contributed by atoms with Crippen LogP contribution < -0.4 is 16.4 Å². The highest BCUT2D eigenvalue weighted by atomic mass is 35.5. The minimum absolute atomic E-state index is 0.0900. The first-order valence-electron chi connectivity index (χ1n) is 8.68. The van der Waals surface area contributed by atoms with Gasteiger partial charge in [-0.1, -0.05) is 41.9 Å². The van der Waals surface area contributed by atoms with Gasteiger partial charge in [-0.05, 0) is 33.6 Å². The van der Waals surface area contributed by atoms with Crippen molar-refractivity contribution in [3.63, 3.8) is 0 Å². The number of aryl methyl sites for hydroxylation is 1. The molecule has 0 saturated carbocycles. The van der Waals surface area contributed by atoms with Crippen LogP contribution in [0.25, 0.3) is 5.57 Å². The standard InChI is InChI=1S/C19H25Cl2N5O/c1-5-12(15(21)13(20)6-2)14-11(3)24-18(25-16(14)17(22)27)26-9-7-19(4,23)8-10-26/h5-6H,1,7-10,23H2,2-4H3,(H2,22,27)/b13-6+,15-12-. The number of allylic oxidation sites excluding steroid dienone is 5. The number of carbonyl (C=O) groups excluding carboxylic acids is 1. The quantitative estimate of drug-likeness (QED) is 0.725. The number of nitrogens with two attached hydrogens (primary N) is 2. The van der Waals surface area contributed by atoms with E-state index in [4.69, 9.17) is 34.7 Å². The van der Waals surface area contributed by atoms with Gasteiger partial charge in [0, 0.05) is 29.8 Å². The summed E-state index contributed by atoms with van der Waals surface area (Å²) in [6.07, 6.45) is 4.79. The minimum atomic E-state index is -0.669. The Bertz CT molecular complexity index is 820. The molecule has 146 valence electrons. The number of anilines is 1. The molecule has 1 fully saturated rings. The number of aromatic nitrogens is 2. The molecular formula is C19H25Cl2N5O. The second-order valence-corrected chi connectivity index (χ2v) is 7.69. The summed E-state index contributed by atoms with van der Waals surface area (Å²) in [7, 11) is 0. The molecule has 0 aliphatic carbocycles. The number of hydrogen-bond donors (Lipinski definition) is 2. The van der Waals surface area contributed by atoms with Crippen molar-refractivity contribution >= 4 is 40.6 Å². The molecule has 2 heterocycles. The van der Waals surface area contributed by atoms with Gasteiger partial charge in [0.25, 0.3) is 5.91 Å². The van der Waals surface area contributed by atoms with E-state index >= 15 is 0 Å². The molecule has 0 atom stereocenters. The first-order chi connectivity index (χ1) is 12.6. The van der Waals surface area contributed by atoms with Gasteiger partial charge in [0.1, 0.15) is 5.69 Å². The van der Waals surface area contributed by atoms with Crippen LogP contribution in [-0.4, -0.2) is 34.5 Å². The zero-order chi connectivity index (χ0) is 20.4. The molecule has 0 radical (unpaired) electrons. The molecule has 0 bridgehead atoms. The van der Waals surface area contributed by atoms with Gasteiger partial charge in [0.05, 0.1) is 15.8 Å². The summed E-state index contributed by atoms with van der Waals surface area (Å²) < 4.78 is 0. The zero-order valence-corrected chi connectivity index (χ0v) is 17.4. The number of primary amides is 1. The summed E-state index contributed by atoms with van der Waals surface area (Å²) in [6, 6.07) is 0. The number of halogens is 2. The van der Waals surface area contributed by atoms with Gasteiger partial charge in [-0.3, -0.25) is 4.79 Å². The van der Waals surface area contributed by atoms with Gasteiger partial charge in [0.2, 0.25) is 5.95 Å². The molecule has 8 heteroatoms. The maximum atomic E-state index is 12.1. The lowest BCUT2D eigenvalue weighted by Crippen LogP contribution is -2.48. The summed E-state index contributed by atoms with van der Waals surface area (Å²) in [5, 5.41) is 0.594. The molecule has 1 aliphatic rings. The van der Waals surface area contributed by atoms with E-state index < -0.39 is 5.91 Å². The Hall–Kier alpha value is -1.89. The van der Waals surface area contributed by atoms with Crippen LogP contribution in [0, 0.1) is 6.92 Å². The Balaban J connectivity index is 2.58. The van der Waals surface area contributed by atoms with Crippen molar-refractivity contribution < 1.29 is 4.79 Å². The van der Waals surface area contributed by atoms with Gasteiger partial charge in [-0.25, -0.2) is 9.97 Å². The largest absolute Gasteiger partial charge is 0.364 e. The molecule has 1 amide bonds. The molecule has 1 aliphatic heterocycles. The number of nitrogens with zero attached hydrogens (tertiary/aromatic N) is 3. The van der Waals surface area contributed by atoms with Gasteiger partial charge < -0.3 is 16.4 Å². The average Bonchev–Trinajstić information content (AvgIpc) is 2.62. The van der Waals surface area contributed by atoms with Crippen molar-refractivity contribution in [3.05, 3.63) is 45.7 Å². The third kappa shape index (κ3) is 4.69. The van der Waals surface area contributed by atoms with Crippen molar-refractivity contribution in [1.29, 1.82) is 0 Å². The fourth-order valence-electron chi connectivity index (χ4n) is 2.97. The molecule has 2 rings (SSSR count). The average molecular weight is 410 g/mol. The fourth-order valence-corrected chi connectivity index (χ4v) is 3.36. The van der Waals surface area contributed by atoms with Crippen LogP contribution in [0.1, 0.15) is 48.4 Å². The number of carbonyl (C=O) groups is 1. The molecule has 1 saturated heterocycles. The van der Waals surface area contributed by atoms with Gasteiger partial charge in [0.15, 0.2) is 0 Å². The van der Waals surface area contributed by atoms with Crippen LogP contribution in [0.15, 0.2) is 28.8 Å². The lowest BCUT2D eigenvalue weighted by Gasteiger charge is -2.37. The first-order valence-corrected chi connectivity index (χ1v) is 9.44. The molecule has 6 nitrogen and oxygen atoms in total. The highest BCUT2D eigenvalue weighted by Gasteiger charge is 2.29. The Morgan fingerprint density at radius 3 is 2.37 bits per heavy atom. The Morgan fingerprint density at radius 1 is 1.30 bits per heavy atom.